The standard InChI is InChI=1S/C7H14F2N2O/c1-7(2,6(8)9)3-4(10)5(11)12/h4,6H,3,10H2,1-2H3,(H2,11,12)/t4-/m0/s1. The number of nitrogens with two attached hydrogens (primary N) is 2. The summed E-state index contributed by atoms with van der Waals surface area (Å²) in [7, 11) is 0. The van der Waals surface area contributed by atoms with Crippen LogP contribution in [0, 0.1) is 5.41 Å². The van der Waals surface area contributed by atoms with Gasteiger partial charge in [0.15, 0.2) is 0 Å². The molecule has 4 N–H and O–H groups in total. The molecule has 0 aromatic rings. The van der Waals surface area contributed by atoms with Crippen molar-refractivity contribution < 1.29 is 13.6 Å². The van der Waals surface area contributed by atoms with Crippen LogP contribution in [0.4, 0.5) is 8.78 Å². The minimum absolute atomic E-state index is 0.0972. The van der Waals surface area contributed by atoms with Crippen LogP contribution in [0.3, 0.4) is 0 Å². The highest BCUT2D eigenvalue weighted by atomic mass is 19.3. The molecule has 0 aliphatic rings. The second kappa shape index (κ2) is 3.80. The molecule has 0 aromatic heterocycles. The zero-order chi connectivity index (χ0) is 9.94. The van der Waals surface area contributed by atoms with Crippen molar-refractivity contribution in [3.63, 3.8) is 0 Å². The van der Waals surface area contributed by atoms with Crippen LogP contribution < -0.4 is 11.5 Å². The maximum atomic E-state index is 12.2. The molecule has 0 aliphatic carbocycles. The van der Waals surface area contributed by atoms with Gasteiger partial charge in [-0.3, -0.25) is 4.79 Å². The number of halogens is 2. The molecule has 0 rings (SSSR count). The third kappa shape index (κ3) is 3.13. The average molecular weight is 180 g/mol. The van der Waals surface area contributed by atoms with Gasteiger partial charge in [0.25, 0.3) is 0 Å². The normalized spacial score (nSPS) is 14.8. The summed E-state index contributed by atoms with van der Waals surface area (Å²) in [6.07, 6.45) is -2.59. The quantitative estimate of drug-likeness (QED) is 0.660. The summed E-state index contributed by atoms with van der Waals surface area (Å²) < 4.78 is 24.5. The van der Waals surface area contributed by atoms with Gasteiger partial charge in [-0.25, -0.2) is 8.78 Å². The van der Waals surface area contributed by atoms with E-state index in [4.69, 9.17) is 11.5 Å². The molecular weight excluding hydrogens is 166 g/mol. The molecule has 0 saturated carbocycles. The molecule has 0 aliphatic heterocycles. The summed E-state index contributed by atoms with van der Waals surface area (Å²) in [5.74, 6) is -0.747. The molecule has 1 amide bonds. The molecule has 0 spiro atoms. The molecule has 0 heterocycles. The molecule has 5 heteroatoms. The van der Waals surface area contributed by atoms with E-state index in [2.05, 4.69) is 0 Å². The van der Waals surface area contributed by atoms with Crippen LogP contribution in [-0.2, 0) is 4.79 Å². The lowest BCUT2D eigenvalue weighted by atomic mass is 9.86. The van der Waals surface area contributed by atoms with Crippen molar-refractivity contribution in [3.8, 4) is 0 Å². The van der Waals surface area contributed by atoms with Gasteiger partial charge < -0.3 is 11.5 Å². The number of hydrogen-bond acceptors (Lipinski definition) is 2. The topological polar surface area (TPSA) is 69.1 Å². The van der Waals surface area contributed by atoms with Crippen LogP contribution in [0.5, 0.6) is 0 Å². The number of amides is 1. The zero-order valence-corrected chi connectivity index (χ0v) is 7.18. The number of alkyl halides is 2. The van der Waals surface area contributed by atoms with Crippen LogP contribution >= 0.6 is 0 Å². The van der Waals surface area contributed by atoms with Crippen LogP contribution in [0.2, 0.25) is 0 Å². The van der Waals surface area contributed by atoms with Crippen molar-refractivity contribution in [1.82, 2.24) is 0 Å². The lowest BCUT2D eigenvalue weighted by Crippen LogP contribution is -2.41. The van der Waals surface area contributed by atoms with Gasteiger partial charge >= 0.3 is 0 Å². The van der Waals surface area contributed by atoms with Crippen molar-refractivity contribution in [2.24, 2.45) is 16.9 Å². The number of rotatable bonds is 4. The monoisotopic (exact) mass is 180 g/mol. The van der Waals surface area contributed by atoms with Crippen LogP contribution in [0.25, 0.3) is 0 Å². The number of hydrogen-bond donors (Lipinski definition) is 2. The molecule has 0 saturated heterocycles. The second-order valence-corrected chi connectivity index (χ2v) is 3.50. The summed E-state index contributed by atoms with van der Waals surface area (Å²) in [6.45, 7) is 2.70. The van der Waals surface area contributed by atoms with Gasteiger partial charge in [-0.05, 0) is 6.42 Å². The van der Waals surface area contributed by atoms with Crippen molar-refractivity contribution >= 4 is 5.91 Å². The molecule has 0 radical (unpaired) electrons. The average Bonchev–Trinajstić information content (AvgIpc) is 1.85. The largest absolute Gasteiger partial charge is 0.368 e. The molecule has 0 unspecified atom stereocenters. The first-order chi connectivity index (χ1) is 5.27. The molecule has 0 bridgehead atoms. The Balaban J connectivity index is 4.15. The highest BCUT2D eigenvalue weighted by molar-refractivity contribution is 5.79. The third-order valence-electron chi connectivity index (χ3n) is 1.70. The van der Waals surface area contributed by atoms with E-state index in [-0.39, 0.29) is 6.42 Å². The van der Waals surface area contributed by atoms with Gasteiger partial charge in [0.05, 0.1) is 6.04 Å². The van der Waals surface area contributed by atoms with E-state index in [0.717, 1.165) is 0 Å². The summed E-state index contributed by atoms with van der Waals surface area (Å²) in [5.41, 5.74) is 8.81. The van der Waals surface area contributed by atoms with Crippen LogP contribution in [-0.4, -0.2) is 18.4 Å². The molecule has 1 atom stereocenters. The fourth-order valence-electron chi connectivity index (χ4n) is 0.756. The van der Waals surface area contributed by atoms with Gasteiger partial charge in [-0.15, -0.1) is 0 Å². The molecule has 72 valence electrons. The predicted octanol–water partition coefficient (Wildman–Crippen LogP) is 0.480. The Morgan fingerprint density at radius 1 is 1.50 bits per heavy atom. The highest BCUT2D eigenvalue weighted by Crippen LogP contribution is 2.29. The smallest absolute Gasteiger partial charge is 0.243 e. The summed E-state index contributed by atoms with van der Waals surface area (Å²) in [4.78, 5) is 10.5. The Morgan fingerprint density at radius 3 is 2.17 bits per heavy atom. The molecular formula is C7H14F2N2O. The number of carbonyl (C=O) groups is 1. The molecule has 3 nitrogen and oxygen atoms in total. The predicted molar refractivity (Wildman–Crippen MR) is 41.6 cm³/mol. The number of primary amides is 1. The van der Waals surface area contributed by atoms with Crippen molar-refractivity contribution in [3.05, 3.63) is 0 Å². The van der Waals surface area contributed by atoms with Gasteiger partial charge in [0, 0.05) is 5.41 Å². The maximum absolute atomic E-state index is 12.2. The fourth-order valence-corrected chi connectivity index (χ4v) is 0.756. The number of carbonyl (C=O) groups excluding carboxylic acids is 1. The van der Waals surface area contributed by atoms with E-state index in [9.17, 15) is 13.6 Å². The van der Waals surface area contributed by atoms with E-state index in [1.165, 1.54) is 13.8 Å². The van der Waals surface area contributed by atoms with Crippen LogP contribution in [0.1, 0.15) is 20.3 Å². The Morgan fingerprint density at radius 2 is 1.92 bits per heavy atom. The Hall–Kier alpha value is -0.710. The molecule has 12 heavy (non-hydrogen) atoms. The fraction of sp³-hybridized carbons (Fsp3) is 0.857. The summed E-state index contributed by atoms with van der Waals surface area (Å²) >= 11 is 0. The van der Waals surface area contributed by atoms with E-state index in [1.54, 1.807) is 0 Å². The lowest BCUT2D eigenvalue weighted by molar-refractivity contribution is -0.120. The Bertz CT molecular complexity index is 171. The lowest BCUT2D eigenvalue weighted by Gasteiger charge is -2.25. The highest BCUT2D eigenvalue weighted by Gasteiger charge is 2.32. The van der Waals surface area contributed by atoms with Gasteiger partial charge in [-0.2, -0.15) is 0 Å². The minimum Gasteiger partial charge on any atom is -0.368 e. The van der Waals surface area contributed by atoms with Crippen molar-refractivity contribution in [2.75, 3.05) is 0 Å². The Kier molecular flexibility index (Phi) is 3.57. The first-order valence-corrected chi connectivity index (χ1v) is 3.60. The first kappa shape index (κ1) is 11.3. The van der Waals surface area contributed by atoms with E-state index in [1.807, 2.05) is 0 Å². The van der Waals surface area contributed by atoms with E-state index >= 15 is 0 Å². The van der Waals surface area contributed by atoms with Crippen molar-refractivity contribution in [1.29, 1.82) is 0 Å². The van der Waals surface area contributed by atoms with Crippen LogP contribution in [0.15, 0.2) is 0 Å². The summed E-state index contributed by atoms with van der Waals surface area (Å²) in [6, 6.07) is -0.992. The Labute approximate surface area is 70.1 Å². The second-order valence-electron chi connectivity index (χ2n) is 3.50. The first-order valence-electron chi connectivity index (χ1n) is 3.60. The van der Waals surface area contributed by atoms with Crippen molar-refractivity contribution in [2.45, 2.75) is 32.7 Å². The molecule has 0 aromatic carbocycles. The van der Waals surface area contributed by atoms with E-state index < -0.39 is 23.8 Å². The molecule has 0 fully saturated rings. The van der Waals surface area contributed by atoms with E-state index in [0.29, 0.717) is 0 Å². The zero-order valence-electron chi connectivity index (χ0n) is 7.18. The van der Waals surface area contributed by atoms with Gasteiger partial charge in [0.1, 0.15) is 0 Å². The maximum Gasteiger partial charge on any atom is 0.243 e. The third-order valence-corrected chi connectivity index (χ3v) is 1.70. The summed E-state index contributed by atoms with van der Waals surface area (Å²) in [5, 5.41) is 0. The van der Waals surface area contributed by atoms with Gasteiger partial charge in [-0.1, -0.05) is 13.8 Å². The van der Waals surface area contributed by atoms with Gasteiger partial charge in [0.2, 0.25) is 12.3 Å². The minimum atomic E-state index is -2.50. The SMILES string of the molecule is CC(C)(C[C@H](N)C(N)=O)C(F)F.